The number of rotatable bonds is 2. The number of fused-ring (bicyclic) bond motifs is 5. The van der Waals surface area contributed by atoms with E-state index in [0.717, 1.165) is 35.0 Å². The Morgan fingerprint density at radius 2 is 1.86 bits per heavy atom. The third-order valence-electron chi connectivity index (χ3n) is 6.17. The molecule has 0 saturated heterocycles. The molecular formula is C23H22N2O3. The van der Waals surface area contributed by atoms with Crippen LogP contribution in [0.25, 0.3) is 22.2 Å². The van der Waals surface area contributed by atoms with Gasteiger partial charge in [-0.25, -0.2) is 9.59 Å². The summed E-state index contributed by atoms with van der Waals surface area (Å²) in [6, 6.07) is 13.1. The zero-order valence-corrected chi connectivity index (χ0v) is 15.6. The van der Waals surface area contributed by atoms with Crippen LogP contribution >= 0.6 is 0 Å². The fraction of sp³-hybridized carbons (Fsp3) is 0.304. The summed E-state index contributed by atoms with van der Waals surface area (Å²) in [5.41, 5.74) is 5.19. The van der Waals surface area contributed by atoms with Crippen LogP contribution in [0.15, 0.2) is 42.5 Å². The van der Waals surface area contributed by atoms with Crippen LogP contribution in [0.1, 0.15) is 59.5 Å². The molecule has 5 heteroatoms. The van der Waals surface area contributed by atoms with Crippen molar-refractivity contribution < 1.29 is 14.7 Å². The first-order chi connectivity index (χ1) is 13.6. The van der Waals surface area contributed by atoms with Crippen LogP contribution < -0.4 is 5.32 Å². The summed E-state index contributed by atoms with van der Waals surface area (Å²) in [5, 5.41) is 13.5. The highest BCUT2D eigenvalue weighted by molar-refractivity contribution is 6.04. The highest BCUT2D eigenvalue weighted by Crippen LogP contribution is 2.45. The lowest BCUT2D eigenvalue weighted by Crippen LogP contribution is -2.26. The molecule has 5 rings (SSSR count). The highest BCUT2D eigenvalue weighted by Gasteiger charge is 2.31. The molecule has 2 aliphatic rings. The second-order valence-electron chi connectivity index (χ2n) is 7.79. The normalized spacial score (nSPS) is 16.9. The van der Waals surface area contributed by atoms with E-state index in [1.54, 1.807) is 16.7 Å². The summed E-state index contributed by atoms with van der Waals surface area (Å²) >= 11 is 0. The van der Waals surface area contributed by atoms with E-state index >= 15 is 0 Å². The molecule has 0 spiro atoms. The fourth-order valence-corrected chi connectivity index (χ4v) is 4.88. The Morgan fingerprint density at radius 1 is 1.07 bits per heavy atom. The average molecular weight is 374 g/mol. The van der Waals surface area contributed by atoms with Gasteiger partial charge in [0.2, 0.25) is 0 Å². The first kappa shape index (κ1) is 17.0. The summed E-state index contributed by atoms with van der Waals surface area (Å²) < 4.78 is 1.71. The summed E-state index contributed by atoms with van der Waals surface area (Å²) in [6.45, 7) is 0.473. The monoisotopic (exact) mass is 374 g/mol. The van der Waals surface area contributed by atoms with E-state index in [2.05, 4.69) is 17.4 Å². The number of hydrogen-bond donors (Lipinski definition) is 2. The lowest BCUT2D eigenvalue weighted by molar-refractivity contribution is 0.0697. The standard InChI is InChI=1S/C23H22N2O3/c26-22(27)15-10-11-18-19(12-15)25-21(20(18)14-6-2-1-3-7-14)17-9-5-4-8-16(17)13-24-23(25)28/h4-5,8-12,14H,1-3,6-7,13H2,(H,24,28)(H,26,27). The number of carbonyl (C=O) groups excluding carboxylic acids is 1. The Labute approximate surface area is 163 Å². The Hall–Kier alpha value is -3.08. The summed E-state index contributed by atoms with van der Waals surface area (Å²) in [7, 11) is 0. The van der Waals surface area contributed by atoms with Crippen molar-refractivity contribution in [3.63, 3.8) is 0 Å². The molecule has 2 heterocycles. The predicted molar refractivity (Wildman–Crippen MR) is 108 cm³/mol. The van der Waals surface area contributed by atoms with Crippen molar-refractivity contribution in [2.45, 2.75) is 44.6 Å². The number of carboxylic acids is 1. The van der Waals surface area contributed by atoms with E-state index in [0.29, 0.717) is 18.0 Å². The van der Waals surface area contributed by atoms with Crippen LogP contribution in [0.2, 0.25) is 0 Å². The number of carbonyl (C=O) groups is 2. The topological polar surface area (TPSA) is 71.3 Å². The lowest BCUT2D eigenvalue weighted by Gasteiger charge is -2.23. The van der Waals surface area contributed by atoms with E-state index in [-0.39, 0.29) is 11.6 Å². The number of nitrogens with zero attached hydrogens (tertiary/aromatic N) is 1. The third-order valence-corrected chi connectivity index (χ3v) is 6.17. The number of benzene rings is 2. The van der Waals surface area contributed by atoms with Crippen LogP contribution in [-0.4, -0.2) is 21.7 Å². The number of aromatic carboxylic acids is 1. The number of aromatic nitrogens is 1. The van der Waals surface area contributed by atoms with Crippen LogP contribution in [-0.2, 0) is 6.54 Å². The van der Waals surface area contributed by atoms with Gasteiger partial charge in [0.25, 0.3) is 0 Å². The van der Waals surface area contributed by atoms with E-state index in [9.17, 15) is 14.7 Å². The molecule has 1 aliphatic heterocycles. The van der Waals surface area contributed by atoms with Gasteiger partial charge >= 0.3 is 12.0 Å². The number of amides is 1. The minimum atomic E-state index is -0.980. The van der Waals surface area contributed by atoms with Crippen molar-refractivity contribution in [2.24, 2.45) is 0 Å². The third kappa shape index (κ3) is 2.53. The van der Waals surface area contributed by atoms with Crippen LogP contribution in [0.5, 0.6) is 0 Å². The molecular weight excluding hydrogens is 352 g/mol. The van der Waals surface area contributed by atoms with Crippen molar-refractivity contribution in [2.75, 3.05) is 0 Å². The van der Waals surface area contributed by atoms with Gasteiger partial charge in [-0.3, -0.25) is 4.57 Å². The predicted octanol–water partition coefficient (Wildman–Crippen LogP) is 5.13. The Kier molecular flexibility index (Phi) is 3.97. The minimum absolute atomic E-state index is 0.194. The quantitative estimate of drug-likeness (QED) is 0.653. The molecule has 28 heavy (non-hydrogen) atoms. The molecule has 2 N–H and O–H groups in total. The summed E-state index contributed by atoms with van der Waals surface area (Å²) in [6.07, 6.45) is 5.85. The second kappa shape index (κ2) is 6.51. The van der Waals surface area contributed by atoms with Gasteiger partial charge in [0.05, 0.1) is 16.8 Å². The maximum atomic E-state index is 13.1. The number of nitrogens with one attached hydrogen (secondary N) is 1. The SMILES string of the molecule is O=C(O)c1ccc2c(C3CCCCC3)c3n(c2c1)C(=O)NCc1ccccc1-3. The second-order valence-corrected chi connectivity index (χ2v) is 7.79. The first-order valence-corrected chi connectivity index (χ1v) is 9.93. The van der Waals surface area contributed by atoms with Crippen molar-refractivity contribution >= 4 is 22.9 Å². The molecule has 1 saturated carbocycles. The summed E-state index contributed by atoms with van der Waals surface area (Å²) in [4.78, 5) is 24.6. The zero-order chi connectivity index (χ0) is 19.3. The molecule has 142 valence electrons. The van der Waals surface area contributed by atoms with Crippen LogP contribution in [0, 0.1) is 0 Å². The first-order valence-electron chi connectivity index (χ1n) is 9.93. The summed E-state index contributed by atoms with van der Waals surface area (Å²) in [5.74, 6) is -0.590. The minimum Gasteiger partial charge on any atom is -0.478 e. The van der Waals surface area contributed by atoms with Gasteiger partial charge in [-0.05, 0) is 42.0 Å². The Morgan fingerprint density at radius 3 is 2.64 bits per heavy atom. The van der Waals surface area contributed by atoms with Gasteiger partial charge in [-0.2, -0.15) is 0 Å². The van der Waals surface area contributed by atoms with E-state index in [4.69, 9.17) is 0 Å². The van der Waals surface area contributed by atoms with Crippen LogP contribution in [0.3, 0.4) is 0 Å². The van der Waals surface area contributed by atoms with E-state index in [1.807, 2.05) is 18.2 Å². The van der Waals surface area contributed by atoms with Crippen LogP contribution in [0.4, 0.5) is 4.79 Å². The van der Waals surface area contributed by atoms with Gasteiger partial charge in [0, 0.05) is 17.5 Å². The van der Waals surface area contributed by atoms with Crippen molar-refractivity contribution in [1.29, 1.82) is 0 Å². The van der Waals surface area contributed by atoms with Crippen molar-refractivity contribution in [3.8, 4) is 11.3 Å². The molecule has 2 aromatic carbocycles. The van der Waals surface area contributed by atoms with Crippen molar-refractivity contribution in [3.05, 3.63) is 59.2 Å². The smallest absolute Gasteiger partial charge is 0.335 e. The largest absolute Gasteiger partial charge is 0.478 e. The highest BCUT2D eigenvalue weighted by atomic mass is 16.4. The van der Waals surface area contributed by atoms with Gasteiger partial charge < -0.3 is 10.4 Å². The van der Waals surface area contributed by atoms with Gasteiger partial charge in [-0.15, -0.1) is 0 Å². The molecule has 5 nitrogen and oxygen atoms in total. The molecule has 0 radical (unpaired) electrons. The molecule has 1 aliphatic carbocycles. The maximum absolute atomic E-state index is 13.1. The molecule has 0 unspecified atom stereocenters. The zero-order valence-electron chi connectivity index (χ0n) is 15.6. The van der Waals surface area contributed by atoms with E-state index < -0.39 is 5.97 Å². The Bertz CT molecular complexity index is 1110. The molecule has 3 aromatic rings. The van der Waals surface area contributed by atoms with Crippen molar-refractivity contribution in [1.82, 2.24) is 9.88 Å². The molecule has 1 amide bonds. The average Bonchev–Trinajstić information content (AvgIpc) is 2.99. The molecule has 0 bridgehead atoms. The van der Waals surface area contributed by atoms with Gasteiger partial charge in [0.1, 0.15) is 0 Å². The van der Waals surface area contributed by atoms with Gasteiger partial charge in [-0.1, -0.05) is 49.6 Å². The maximum Gasteiger partial charge on any atom is 0.335 e. The number of hydrogen-bond acceptors (Lipinski definition) is 2. The molecule has 1 fully saturated rings. The molecule has 0 atom stereocenters. The number of carboxylic acid groups (broad SMARTS) is 1. The lowest BCUT2D eigenvalue weighted by atomic mass is 9.81. The van der Waals surface area contributed by atoms with Gasteiger partial charge in [0.15, 0.2) is 0 Å². The fourth-order valence-electron chi connectivity index (χ4n) is 4.88. The molecule has 1 aromatic heterocycles. The van der Waals surface area contributed by atoms with E-state index in [1.165, 1.54) is 24.8 Å². The Balaban J connectivity index is 1.89.